The van der Waals surface area contributed by atoms with Crippen molar-refractivity contribution in [3.05, 3.63) is 12.2 Å². The third-order valence-corrected chi connectivity index (χ3v) is 11.1. The van der Waals surface area contributed by atoms with Gasteiger partial charge < -0.3 is 14.6 Å². The highest BCUT2D eigenvalue weighted by molar-refractivity contribution is 5.69. The summed E-state index contributed by atoms with van der Waals surface area (Å²) in [5, 5.41) is 9.62. The number of allylic oxidation sites excluding steroid dienone is 2. The molecule has 0 aliphatic carbocycles. The van der Waals surface area contributed by atoms with E-state index in [9.17, 15) is 9.90 Å². The molecule has 0 saturated heterocycles. The van der Waals surface area contributed by atoms with Crippen molar-refractivity contribution in [2.24, 2.45) is 0 Å². The quantitative estimate of drug-likeness (QED) is 0.0383. The summed E-state index contributed by atoms with van der Waals surface area (Å²) in [4.78, 5) is 12.2. The molecule has 0 bridgehead atoms. The zero-order valence-electron chi connectivity index (χ0n) is 36.3. The molecule has 53 heavy (non-hydrogen) atoms. The number of aliphatic hydroxyl groups is 1. The molecule has 1 atom stereocenters. The Morgan fingerprint density at radius 3 is 1.08 bits per heavy atom. The zero-order valence-corrected chi connectivity index (χ0v) is 36.3. The van der Waals surface area contributed by atoms with E-state index >= 15 is 0 Å². The van der Waals surface area contributed by atoms with Gasteiger partial charge in [0.15, 0.2) is 0 Å². The van der Waals surface area contributed by atoms with Crippen molar-refractivity contribution < 1.29 is 19.4 Å². The molecule has 0 rings (SSSR count). The number of ether oxygens (including phenoxy) is 2. The average Bonchev–Trinajstić information content (AvgIpc) is 3.16. The first-order chi connectivity index (χ1) is 26.2. The molecule has 0 amide bonds. The van der Waals surface area contributed by atoms with Crippen LogP contribution in [-0.4, -0.2) is 37.0 Å². The molecule has 0 aromatic carbocycles. The number of unbranched alkanes of at least 4 members (excludes halogenated alkanes) is 36. The molecular formula is C49H96O4. The Kier molecular flexibility index (Phi) is 46.5. The first kappa shape index (κ1) is 52.1. The highest BCUT2D eigenvalue weighted by atomic mass is 16.6. The maximum absolute atomic E-state index is 12.2. The van der Waals surface area contributed by atoms with E-state index in [-0.39, 0.29) is 12.6 Å². The van der Waals surface area contributed by atoms with E-state index in [2.05, 4.69) is 26.0 Å². The van der Waals surface area contributed by atoms with E-state index < -0.39 is 6.10 Å². The molecule has 0 aromatic heterocycles. The third-order valence-electron chi connectivity index (χ3n) is 11.1. The van der Waals surface area contributed by atoms with Crippen molar-refractivity contribution in [1.82, 2.24) is 0 Å². The Balaban J connectivity index is 3.33. The lowest BCUT2D eigenvalue weighted by molar-refractivity contribution is -0.154. The fourth-order valence-electron chi connectivity index (χ4n) is 7.44. The predicted octanol–water partition coefficient (Wildman–Crippen LogP) is 16.1. The van der Waals surface area contributed by atoms with Crippen LogP contribution in [0.5, 0.6) is 0 Å². The van der Waals surface area contributed by atoms with E-state index in [0.717, 1.165) is 19.3 Å². The third kappa shape index (κ3) is 45.4. The molecule has 316 valence electrons. The van der Waals surface area contributed by atoms with Crippen LogP contribution in [0.4, 0.5) is 0 Å². The summed E-state index contributed by atoms with van der Waals surface area (Å²) in [5.74, 6) is -0.203. The highest BCUT2D eigenvalue weighted by Gasteiger charge is 2.13. The predicted molar refractivity (Wildman–Crippen MR) is 233 cm³/mol. The number of aliphatic hydroxyl groups excluding tert-OH is 1. The zero-order chi connectivity index (χ0) is 38.4. The number of esters is 1. The van der Waals surface area contributed by atoms with Gasteiger partial charge in [-0.2, -0.15) is 0 Å². The lowest BCUT2D eigenvalue weighted by Crippen LogP contribution is -2.27. The Labute approximate surface area is 333 Å². The van der Waals surface area contributed by atoms with E-state index in [1.165, 1.54) is 231 Å². The van der Waals surface area contributed by atoms with E-state index in [0.29, 0.717) is 19.6 Å². The maximum Gasteiger partial charge on any atom is 0.306 e. The highest BCUT2D eigenvalue weighted by Crippen LogP contribution is 2.16. The molecule has 1 unspecified atom stereocenters. The summed E-state index contributed by atoms with van der Waals surface area (Å²) < 4.78 is 11.2. The Bertz CT molecular complexity index is 707. The monoisotopic (exact) mass is 749 g/mol. The lowest BCUT2D eigenvalue weighted by Gasteiger charge is -2.15. The van der Waals surface area contributed by atoms with Gasteiger partial charge in [0.2, 0.25) is 0 Å². The van der Waals surface area contributed by atoms with Crippen molar-refractivity contribution in [1.29, 1.82) is 0 Å². The SMILES string of the molecule is CCCCCCCC/C=C\CCCCCCCC(=O)OC(CO)COCCCCCCCCCCCCCCCCCCCCCCCCCCCC. The molecule has 0 aliphatic heterocycles. The second-order valence-electron chi connectivity index (χ2n) is 16.5. The molecule has 0 aromatic rings. The van der Waals surface area contributed by atoms with Crippen LogP contribution in [-0.2, 0) is 14.3 Å². The van der Waals surface area contributed by atoms with Gasteiger partial charge in [-0.25, -0.2) is 0 Å². The molecular weight excluding hydrogens is 653 g/mol. The molecule has 0 saturated carbocycles. The number of hydrogen-bond donors (Lipinski definition) is 1. The summed E-state index contributed by atoms with van der Waals surface area (Å²) in [6.45, 7) is 5.38. The van der Waals surface area contributed by atoms with Gasteiger partial charge in [-0.05, 0) is 38.5 Å². The Morgan fingerprint density at radius 2 is 0.736 bits per heavy atom. The minimum absolute atomic E-state index is 0.169. The second-order valence-corrected chi connectivity index (χ2v) is 16.5. The second kappa shape index (κ2) is 47.3. The summed E-state index contributed by atoms with van der Waals surface area (Å²) >= 11 is 0. The van der Waals surface area contributed by atoms with Crippen LogP contribution >= 0.6 is 0 Å². The smallest absolute Gasteiger partial charge is 0.306 e. The van der Waals surface area contributed by atoms with Gasteiger partial charge in [-0.3, -0.25) is 4.79 Å². The van der Waals surface area contributed by atoms with Crippen LogP contribution in [0.2, 0.25) is 0 Å². The van der Waals surface area contributed by atoms with E-state index in [4.69, 9.17) is 9.47 Å². The minimum Gasteiger partial charge on any atom is -0.457 e. The normalized spacial score (nSPS) is 12.3. The first-order valence-corrected chi connectivity index (χ1v) is 24.3. The van der Waals surface area contributed by atoms with Gasteiger partial charge in [-0.1, -0.05) is 238 Å². The van der Waals surface area contributed by atoms with E-state index in [1.807, 2.05) is 0 Å². The van der Waals surface area contributed by atoms with Crippen LogP contribution in [0.1, 0.15) is 271 Å². The lowest BCUT2D eigenvalue weighted by atomic mass is 10.0. The number of carbonyl (C=O) groups excluding carboxylic acids is 1. The van der Waals surface area contributed by atoms with Crippen molar-refractivity contribution in [3.63, 3.8) is 0 Å². The number of rotatable bonds is 46. The summed E-state index contributed by atoms with van der Waals surface area (Å²) in [6, 6.07) is 0. The van der Waals surface area contributed by atoms with E-state index in [1.54, 1.807) is 0 Å². The molecule has 0 aliphatic rings. The van der Waals surface area contributed by atoms with Crippen LogP contribution < -0.4 is 0 Å². The number of carbonyl (C=O) groups is 1. The van der Waals surface area contributed by atoms with Gasteiger partial charge in [0.25, 0.3) is 0 Å². The fourth-order valence-corrected chi connectivity index (χ4v) is 7.44. The van der Waals surface area contributed by atoms with Gasteiger partial charge >= 0.3 is 5.97 Å². The average molecular weight is 749 g/mol. The molecule has 4 nitrogen and oxygen atoms in total. The van der Waals surface area contributed by atoms with Crippen LogP contribution in [0.15, 0.2) is 12.2 Å². The van der Waals surface area contributed by atoms with Crippen molar-refractivity contribution in [2.75, 3.05) is 19.8 Å². The summed E-state index contributed by atoms with van der Waals surface area (Å²) in [6.07, 6.45) is 57.3. The Hall–Kier alpha value is -0.870. The first-order valence-electron chi connectivity index (χ1n) is 24.3. The topological polar surface area (TPSA) is 55.8 Å². The van der Waals surface area contributed by atoms with Crippen molar-refractivity contribution in [3.8, 4) is 0 Å². The van der Waals surface area contributed by atoms with Crippen LogP contribution in [0, 0.1) is 0 Å². The van der Waals surface area contributed by atoms with Crippen LogP contribution in [0.25, 0.3) is 0 Å². The van der Waals surface area contributed by atoms with Gasteiger partial charge in [0, 0.05) is 13.0 Å². The Morgan fingerprint density at radius 1 is 0.434 bits per heavy atom. The van der Waals surface area contributed by atoms with Crippen LogP contribution in [0.3, 0.4) is 0 Å². The van der Waals surface area contributed by atoms with Gasteiger partial charge in [-0.15, -0.1) is 0 Å². The summed E-state index contributed by atoms with van der Waals surface area (Å²) in [7, 11) is 0. The molecule has 4 heteroatoms. The number of hydrogen-bond acceptors (Lipinski definition) is 4. The molecule has 0 spiro atoms. The maximum atomic E-state index is 12.2. The summed E-state index contributed by atoms with van der Waals surface area (Å²) in [5.41, 5.74) is 0. The molecule has 0 fully saturated rings. The minimum atomic E-state index is -0.533. The molecule has 0 heterocycles. The largest absolute Gasteiger partial charge is 0.457 e. The molecule has 0 radical (unpaired) electrons. The van der Waals surface area contributed by atoms with Gasteiger partial charge in [0.1, 0.15) is 6.10 Å². The standard InChI is InChI=1S/C49H96O4/c1-3-5-7-9-11-13-15-17-19-20-21-22-23-24-25-26-27-28-29-31-33-35-37-39-41-43-45-52-47-48(46-50)53-49(51)44-42-40-38-36-34-32-30-18-16-14-12-10-8-6-4-2/h18,30,48,50H,3-17,19-29,31-47H2,1-2H3/b30-18-. The van der Waals surface area contributed by atoms with Gasteiger partial charge in [0.05, 0.1) is 13.2 Å². The molecule has 1 N–H and O–H groups in total. The fraction of sp³-hybridized carbons (Fsp3) is 0.939. The van der Waals surface area contributed by atoms with Crippen molar-refractivity contribution >= 4 is 5.97 Å². The van der Waals surface area contributed by atoms with Crippen molar-refractivity contribution in [2.45, 2.75) is 277 Å².